The molecule has 0 saturated heterocycles. The molecule has 0 radical (unpaired) electrons. The van der Waals surface area contributed by atoms with E-state index in [0.717, 1.165) is 28.7 Å². The van der Waals surface area contributed by atoms with Crippen molar-refractivity contribution in [1.82, 2.24) is 4.98 Å². The summed E-state index contributed by atoms with van der Waals surface area (Å²) < 4.78 is 0. The Morgan fingerprint density at radius 2 is 2.06 bits per heavy atom. The van der Waals surface area contributed by atoms with E-state index in [2.05, 4.69) is 42.9 Å². The minimum absolute atomic E-state index is 0.0216. The standard InChI is InChI=1S/C15H20N2O/c1-4-11(2)17(3)15-14-8-6-5-7-12(14)9-13(10-18)16-15/h5-9,11,18H,4,10H2,1-3H3. The molecule has 2 aromatic rings. The summed E-state index contributed by atoms with van der Waals surface area (Å²) in [7, 11) is 2.06. The molecule has 0 spiro atoms. The van der Waals surface area contributed by atoms with Gasteiger partial charge in [0.2, 0.25) is 0 Å². The molecular weight excluding hydrogens is 224 g/mol. The molecule has 18 heavy (non-hydrogen) atoms. The number of rotatable bonds is 4. The monoisotopic (exact) mass is 244 g/mol. The van der Waals surface area contributed by atoms with E-state index in [1.54, 1.807) is 0 Å². The van der Waals surface area contributed by atoms with Gasteiger partial charge in [0.15, 0.2) is 0 Å². The number of fused-ring (bicyclic) bond motifs is 1. The van der Waals surface area contributed by atoms with Crippen LogP contribution < -0.4 is 4.90 Å². The fourth-order valence-corrected chi connectivity index (χ4v) is 2.07. The molecule has 1 heterocycles. The summed E-state index contributed by atoms with van der Waals surface area (Å²) in [6.07, 6.45) is 1.07. The van der Waals surface area contributed by atoms with Crippen molar-refractivity contribution >= 4 is 16.6 Å². The van der Waals surface area contributed by atoms with E-state index < -0.39 is 0 Å². The van der Waals surface area contributed by atoms with Gasteiger partial charge in [0.05, 0.1) is 12.3 Å². The Balaban J connectivity index is 2.60. The molecule has 96 valence electrons. The molecule has 0 aliphatic heterocycles. The highest BCUT2D eigenvalue weighted by Crippen LogP contribution is 2.26. The molecule has 0 aliphatic rings. The van der Waals surface area contributed by atoms with Crippen LogP contribution in [0.1, 0.15) is 26.0 Å². The normalized spacial score (nSPS) is 12.7. The lowest BCUT2D eigenvalue weighted by atomic mass is 10.1. The highest BCUT2D eigenvalue weighted by atomic mass is 16.3. The van der Waals surface area contributed by atoms with Crippen molar-refractivity contribution in [3.05, 3.63) is 36.0 Å². The van der Waals surface area contributed by atoms with Crippen molar-refractivity contribution in [3.8, 4) is 0 Å². The summed E-state index contributed by atoms with van der Waals surface area (Å²) in [6, 6.07) is 10.5. The van der Waals surface area contributed by atoms with Crippen LogP contribution in [-0.4, -0.2) is 23.2 Å². The molecule has 0 bridgehead atoms. The van der Waals surface area contributed by atoms with E-state index in [9.17, 15) is 5.11 Å². The molecule has 1 N–H and O–H groups in total. The zero-order valence-electron chi connectivity index (χ0n) is 11.2. The third kappa shape index (κ3) is 2.31. The first-order valence-corrected chi connectivity index (χ1v) is 6.39. The third-order valence-corrected chi connectivity index (χ3v) is 3.52. The maximum atomic E-state index is 9.32. The van der Waals surface area contributed by atoms with Crippen molar-refractivity contribution in [2.45, 2.75) is 32.9 Å². The summed E-state index contributed by atoms with van der Waals surface area (Å²) >= 11 is 0. The van der Waals surface area contributed by atoms with Crippen molar-refractivity contribution in [2.24, 2.45) is 0 Å². The zero-order valence-corrected chi connectivity index (χ0v) is 11.2. The van der Waals surface area contributed by atoms with Crippen LogP contribution in [0.4, 0.5) is 5.82 Å². The molecular formula is C15H20N2O. The molecule has 0 fully saturated rings. The summed E-state index contributed by atoms with van der Waals surface area (Å²) in [5, 5.41) is 11.6. The molecule has 0 saturated carbocycles. The van der Waals surface area contributed by atoms with Crippen LogP contribution in [0.2, 0.25) is 0 Å². The topological polar surface area (TPSA) is 36.4 Å². The van der Waals surface area contributed by atoms with E-state index in [4.69, 9.17) is 0 Å². The maximum Gasteiger partial charge on any atom is 0.136 e. The second-order valence-corrected chi connectivity index (χ2v) is 4.68. The number of pyridine rings is 1. The molecule has 2 rings (SSSR count). The largest absolute Gasteiger partial charge is 0.390 e. The second-order valence-electron chi connectivity index (χ2n) is 4.68. The van der Waals surface area contributed by atoms with Gasteiger partial charge in [-0.3, -0.25) is 0 Å². The first-order chi connectivity index (χ1) is 8.67. The van der Waals surface area contributed by atoms with Gasteiger partial charge in [-0.2, -0.15) is 0 Å². The van der Waals surface area contributed by atoms with Gasteiger partial charge in [-0.15, -0.1) is 0 Å². The highest BCUT2D eigenvalue weighted by Gasteiger charge is 2.13. The smallest absolute Gasteiger partial charge is 0.136 e. The molecule has 3 heteroatoms. The van der Waals surface area contributed by atoms with Crippen molar-refractivity contribution in [1.29, 1.82) is 0 Å². The van der Waals surface area contributed by atoms with E-state index in [1.165, 1.54) is 0 Å². The zero-order chi connectivity index (χ0) is 13.1. The quantitative estimate of drug-likeness (QED) is 0.898. The van der Waals surface area contributed by atoms with Gasteiger partial charge in [-0.25, -0.2) is 4.98 Å². The summed E-state index contributed by atoms with van der Waals surface area (Å²) in [5.41, 5.74) is 0.721. The minimum Gasteiger partial charge on any atom is -0.390 e. The number of anilines is 1. The number of benzene rings is 1. The Hall–Kier alpha value is -1.61. The highest BCUT2D eigenvalue weighted by molar-refractivity contribution is 5.92. The van der Waals surface area contributed by atoms with Gasteiger partial charge in [-0.05, 0) is 24.8 Å². The fraction of sp³-hybridized carbons (Fsp3) is 0.400. The Morgan fingerprint density at radius 3 is 2.72 bits per heavy atom. The number of aliphatic hydroxyl groups excluding tert-OH is 1. The Kier molecular flexibility index (Phi) is 3.82. The van der Waals surface area contributed by atoms with Gasteiger partial charge in [0.25, 0.3) is 0 Å². The third-order valence-electron chi connectivity index (χ3n) is 3.52. The van der Waals surface area contributed by atoms with Crippen LogP contribution in [0.3, 0.4) is 0 Å². The van der Waals surface area contributed by atoms with Gasteiger partial charge < -0.3 is 10.0 Å². The lowest BCUT2D eigenvalue weighted by molar-refractivity contribution is 0.277. The molecule has 0 aliphatic carbocycles. The van der Waals surface area contributed by atoms with Gasteiger partial charge in [0.1, 0.15) is 5.82 Å². The van der Waals surface area contributed by atoms with Crippen molar-refractivity contribution in [3.63, 3.8) is 0 Å². The lowest BCUT2D eigenvalue weighted by Crippen LogP contribution is -2.29. The molecule has 1 atom stereocenters. The fourth-order valence-electron chi connectivity index (χ4n) is 2.07. The Bertz CT molecular complexity index is 539. The van der Waals surface area contributed by atoms with Crippen molar-refractivity contribution in [2.75, 3.05) is 11.9 Å². The SMILES string of the molecule is CCC(C)N(C)c1nc(CO)cc2ccccc12. The maximum absolute atomic E-state index is 9.32. The van der Waals surface area contributed by atoms with E-state index >= 15 is 0 Å². The number of nitrogens with zero attached hydrogens (tertiary/aromatic N) is 2. The van der Waals surface area contributed by atoms with Crippen LogP contribution >= 0.6 is 0 Å². The average Bonchev–Trinajstić information content (AvgIpc) is 2.44. The number of hydrogen-bond acceptors (Lipinski definition) is 3. The number of aliphatic hydroxyl groups is 1. The predicted molar refractivity (Wildman–Crippen MR) is 75.8 cm³/mol. The first kappa shape index (κ1) is 12.8. The second kappa shape index (κ2) is 5.36. The summed E-state index contributed by atoms with van der Waals surface area (Å²) in [4.78, 5) is 6.75. The molecule has 0 amide bonds. The lowest BCUT2D eigenvalue weighted by Gasteiger charge is -2.26. The van der Waals surface area contributed by atoms with E-state index in [0.29, 0.717) is 6.04 Å². The minimum atomic E-state index is -0.0216. The van der Waals surface area contributed by atoms with Crippen molar-refractivity contribution < 1.29 is 5.11 Å². The van der Waals surface area contributed by atoms with E-state index in [-0.39, 0.29) is 6.61 Å². The van der Waals surface area contributed by atoms with Gasteiger partial charge in [0, 0.05) is 18.5 Å². The number of aromatic nitrogens is 1. The molecule has 3 nitrogen and oxygen atoms in total. The van der Waals surface area contributed by atoms with Crippen LogP contribution in [0.15, 0.2) is 30.3 Å². The van der Waals surface area contributed by atoms with Gasteiger partial charge in [-0.1, -0.05) is 31.2 Å². The first-order valence-electron chi connectivity index (χ1n) is 6.39. The molecule has 1 unspecified atom stereocenters. The summed E-state index contributed by atoms with van der Waals surface area (Å²) in [6.45, 7) is 4.33. The van der Waals surface area contributed by atoms with Crippen LogP contribution in [0.5, 0.6) is 0 Å². The van der Waals surface area contributed by atoms with Crippen LogP contribution in [-0.2, 0) is 6.61 Å². The van der Waals surface area contributed by atoms with E-state index in [1.807, 2.05) is 18.2 Å². The average molecular weight is 244 g/mol. The van der Waals surface area contributed by atoms with Crippen LogP contribution in [0, 0.1) is 0 Å². The van der Waals surface area contributed by atoms with Gasteiger partial charge >= 0.3 is 0 Å². The summed E-state index contributed by atoms with van der Waals surface area (Å²) in [5.74, 6) is 0.950. The van der Waals surface area contributed by atoms with Crippen LogP contribution in [0.25, 0.3) is 10.8 Å². The number of hydrogen-bond donors (Lipinski definition) is 1. The Labute approximate surface area is 108 Å². The molecule has 1 aromatic heterocycles. The Morgan fingerprint density at radius 1 is 1.33 bits per heavy atom. The predicted octanol–water partition coefficient (Wildman–Crippen LogP) is 2.96. The molecule has 1 aromatic carbocycles.